The molecule has 0 aliphatic heterocycles. The van der Waals surface area contributed by atoms with Crippen molar-refractivity contribution in [2.45, 2.75) is 0 Å². The summed E-state index contributed by atoms with van der Waals surface area (Å²) in [7, 11) is 0. The molecule has 1 N–H and O–H groups in total. The van der Waals surface area contributed by atoms with Crippen molar-refractivity contribution < 1.29 is 4.79 Å². The van der Waals surface area contributed by atoms with E-state index in [1.54, 1.807) is 0 Å². The normalized spacial score (nSPS) is 10.2. The minimum atomic E-state index is 0.634. The molecule has 0 spiro atoms. The monoisotopic (exact) mass is 191 g/mol. The number of hydrogen-bond donors (Lipinski definition) is 2. The third kappa shape index (κ3) is 1.29. The van der Waals surface area contributed by atoms with Crippen LogP contribution in [0, 0.1) is 6.20 Å². The number of nitrogens with zero attached hydrogens (tertiary/aromatic N) is 1. The molecule has 0 bridgehead atoms. The van der Waals surface area contributed by atoms with Crippen molar-refractivity contribution in [1.29, 1.82) is 0 Å². The van der Waals surface area contributed by atoms with Crippen LogP contribution in [0.4, 0.5) is 5.69 Å². The molecule has 0 saturated heterocycles. The van der Waals surface area contributed by atoms with Gasteiger partial charge in [-0.25, -0.2) is 0 Å². The molecule has 2 aromatic rings. The Labute approximate surface area is 80.9 Å². The number of amides is 1. The van der Waals surface area contributed by atoms with Gasteiger partial charge in [0.2, 0.25) is 6.41 Å². The number of carbonyl (C=O) groups excluding carboxylic acids is 1. The van der Waals surface area contributed by atoms with Crippen LogP contribution >= 0.6 is 12.8 Å². The number of rotatable bonds is 2. The summed E-state index contributed by atoms with van der Waals surface area (Å²) in [6, 6.07) is 7.65. The second kappa shape index (κ2) is 3.14. The smallest absolute Gasteiger partial charge is 0.224 e. The summed E-state index contributed by atoms with van der Waals surface area (Å²) in [5, 5.41) is 0.935. The molecule has 0 aliphatic carbocycles. The lowest BCUT2D eigenvalue weighted by molar-refractivity contribution is -0.106. The number of aromatic nitrogens is 1. The predicted molar refractivity (Wildman–Crippen MR) is 54.7 cm³/mol. The van der Waals surface area contributed by atoms with Crippen molar-refractivity contribution in [3.63, 3.8) is 0 Å². The topological polar surface area (TPSA) is 36.1 Å². The van der Waals surface area contributed by atoms with Crippen LogP contribution in [-0.4, -0.2) is 11.4 Å². The molecular formula is C9H7N2OS. The first-order valence-corrected chi connectivity index (χ1v) is 4.14. The number of benzene rings is 1. The van der Waals surface area contributed by atoms with Gasteiger partial charge in [0, 0.05) is 10.9 Å². The number of nitrogens with one attached hydrogen (secondary N) is 1. The van der Waals surface area contributed by atoms with E-state index in [2.05, 4.69) is 24.0 Å². The quantitative estimate of drug-likeness (QED) is 0.551. The molecule has 1 radical (unpaired) electrons. The summed E-state index contributed by atoms with van der Waals surface area (Å²) in [6.45, 7) is 0. The molecule has 1 aromatic carbocycles. The maximum absolute atomic E-state index is 10.5. The van der Waals surface area contributed by atoms with Gasteiger partial charge in [-0.05, 0) is 6.07 Å². The van der Waals surface area contributed by atoms with Crippen LogP contribution in [0.2, 0.25) is 0 Å². The fraction of sp³-hybridized carbons (Fsp3) is 0. The number of anilines is 1. The van der Waals surface area contributed by atoms with Crippen molar-refractivity contribution in [3.8, 4) is 0 Å². The van der Waals surface area contributed by atoms with Gasteiger partial charge in [0.15, 0.2) is 0 Å². The molecule has 13 heavy (non-hydrogen) atoms. The van der Waals surface area contributed by atoms with Gasteiger partial charge in [0.05, 0.1) is 11.9 Å². The Morgan fingerprint density at radius 3 is 3.00 bits per heavy atom. The summed E-state index contributed by atoms with van der Waals surface area (Å²) < 4.78 is 1.19. The van der Waals surface area contributed by atoms with Crippen molar-refractivity contribution in [3.05, 3.63) is 30.5 Å². The van der Waals surface area contributed by atoms with Crippen molar-refractivity contribution in [1.82, 2.24) is 4.98 Å². The van der Waals surface area contributed by atoms with Crippen LogP contribution in [0.15, 0.2) is 24.3 Å². The number of fused-ring (bicyclic) bond motifs is 1. The summed E-state index contributed by atoms with van der Waals surface area (Å²) in [6.07, 6.45) is 3.49. The van der Waals surface area contributed by atoms with Crippen LogP contribution in [-0.2, 0) is 4.79 Å². The highest BCUT2D eigenvalue weighted by Gasteiger charge is 2.07. The highest BCUT2D eigenvalue weighted by molar-refractivity contribution is 7.82. The number of H-pyrrole nitrogens is 1. The van der Waals surface area contributed by atoms with E-state index in [0.717, 1.165) is 10.9 Å². The zero-order valence-corrected chi connectivity index (χ0v) is 7.58. The van der Waals surface area contributed by atoms with Gasteiger partial charge in [0.1, 0.15) is 0 Å². The van der Waals surface area contributed by atoms with Gasteiger partial charge in [-0.1, -0.05) is 31.0 Å². The Bertz CT molecular complexity index is 438. The van der Waals surface area contributed by atoms with E-state index in [1.807, 2.05) is 24.3 Å². The van der Waals surface area contributed by atoms with Crippen molar-refractivity contribution >= 4 is 35.8 Å². The van der Waals surface area contributed by atoms with Crippen LogP contribution in [0.1, 0.15) is 0 Å². The standard InChI is InChI=1S/C9H7N2OS/c12-6-11(13)9-5-10-8-4-2-1-3-7(8)9/h1-4,6,10,13H. The van der Waals surface area contributed by atoms with Crippen molar-refractivity contribution in [2.24, 2.45) is 0 Å². The second-order valence-electron chi connectivity index (χ2n) is 2.59. The van der Waals surface area contributed by atoms with E-state index < -0.39 is 0 Å². The molecular weight excluding hydrogens is 184 g/mol. The summed E-state index contributed by atoms with van der Waals surface area (Å²) >= 11 is 3.98. The van der Waals surface area contributed by atoms with E-state index in [-0.39, 0.29) is 0 Å². The van der Waals surface area contributed by atoms with Crippen LogP contribution in [0.5, 0.6) is 0 Å². The fourth-order valence-corrected chi connectivity index (χ4v) is 1.38. The predicted octanol–water partition coefficient (Wildman–Crippen LogP) is 1.78. The minimum absolute atomic E-state index is 0.634. The first kappa shape index (κ1) is 8.19. The summed E-state index contributed by atoms with van der Waals surface area (Å²) in [4.78, 5) is 13.4. The highest BCUT2D eigenvalue weighted by atomic mass is 32.1. The molecule has 0 unspecified atom stereocenters. The van der Waals surface area contributed by atoms with Gasteiger partial charge >= 0.3 is 0 Å². The molecule has 65 valence electrons. The molecule has 4 heteroatoms. The first-order chi connectivity index (χ1) is 6.33. The lowest BCUT2D eigenvalue weighted by Crippen LogP contribution is -2.05. The second-order valence-corrected chi connectivity index (χ2v) is 3.03. The van der Waals surface area contributed by atoms with Crippen molar-refractivity contribution in [2.75, 3.05) is 4.31 Å². The van der Waals surface area contributed by atoms with E-state index in [0.29, 0.717) is 12.1 Å². The molecule has 0 fully saturated rings. The average molecular weight is 191 g/mol. The van der Waals surface area contributed by atoms with Crippen LogP contribution < -0.4 is 4.31 Å². The summed E-state index contributed by atoms with van der Waals surface area (Å²) in [5.74, 6) is 0. The minimum Gasteiger partial charge on any atom is -0.351 e. The van der Waals surface area contributed by atoms with Gasteiger partial charge in [-0.15, -0.1) is 0 Å². The molecule has 1 heterocycles. The number of para-hydroxylation sites is 1. The van der Waals surface area contributed by atoms with Gasteiger partial charge in [-0.3, -0.25) is 9.10 Å². The van der Waals surface area contributed by atoms with Crippen LogP contribution in [0.25, 0.3) is 10.9 Å². The Morgan fingerprint density at radius 2 is 2.23 bits per heavy atom. The largest absolute Gasteiger partial charge is 0.351 e. The van der Waals surface area contributed by atoms with Gasteiger partial charge in [0.25, 0.3) is 0 Å². The van der Waals surface area contributed by atoms with E-state index in [4.69, 9.17) is 0 Å². The Kier molecular flexibility index (Phi) is 1.98. The third-order valence-corrected chi connectivity index (χ3v) is 2.12. The zero-order chi connectivity index (χ0) is 9.26. The molecule has 0 atom stereocenters. The SMILES string of the molecule is O=CN(S)c1[c][nH]c2ccccc12. The third-order valence-electron chi connectivity index (χ3n) is 1.83. The first-order valence-electron chi connectivity index (χ1n) is 3.74. The Balaban J connectivity index is 2.64. The summed E-state index contributed by atoms with van der Waals surface area (Å²) in [5.41, 5.74) is 1.59. The molecule has 1 aromatic heterocycles. The van der Waals surface area contributed by atoms with Gasteiger partial charge < -0.3 is 4.98 Å². The molecule has 0 aliphatic rings. The van der Waals surface area contributed by atoms with Crippen LogP contribution in [0.3, 0.4) is 0 Å². The number of carbonyl (C=O) groups is 1. The zero-order valence-electron chi connectivity index (χ0n) is 6.69. The Morgan fingerprint density at radius 1 is 1.46 bits per heavy atom. The Hall–Kier alpha value is -1.42. The number of hydrogen-bond acceptors (Lipinski definition) is 2. The highest BCUT2D eigenvalue weighted by Crippen LogP contribution is 2.25. The van der Waals surface area contributed by atoms with E-state index in [1.165, 1.54) is 4.31 Å². The molecule has 0 saturated carbocycles. The maximum Gasteiger partial charge on any atom is 0.224 e. The number of thiol groups is 1. The molecule has 2 rings (SSSR count). The molecule has 3 nitrogen and oxygen atoms in total. The van der Waals surface area contributed by atoms with E-state index in [9.17, 15) is 4.79 Å². The lowest BCUT2D eigenvalue weighted by Gasteiger charge is -2.05. The fourth-order valence-electron chi connectivity index (χ4n) is 1.23. The lowest BCUT2D eigenvalue weighted by atomic mass is 10.2. The average Bonchev–Trinajstić information content (AvgIpc) is 2.60. The maximum atomic E-state index is 10.5. The number of aromatic amines is 1. The molecule has 1 amide bonds. The van der Waals surface area contributed by atoms with Gasteiger partial charge in [-0.2, -0.15) is 0 Å². The van der Waals surface area contributed by atoms with E-state index >= 15 is 0 Å².